The average Bonchev–Trinajstić information content (AvgIpc) is 2.88. The molecule has 0 radical (unpaired) electrons. The molecule has 0 bridgehead atoms. The van der Waals surface area contributed by atoms with Crippen molar-refractivity contribution in [3.05, 3.63) is 12.2 Å². The SMILES string of the molecule is CN(Cc1ncn[nH]1)C(=O)C1CSCN1. The van der Waals surface area contributed by atoms with E-state index in [0.717, 1.165) is 11.6 Å². The zero-order chi connectivity index (χ0) is 10.7. The molecule has 2 heterocycles. The van der Waals surface area contributed by atoms with Crippen LogP contribution in [0.1, 0.15) is 5.82 Å². The minimum absolute atomic E-state index is 0.0529. The van der Waals surface area contributed by atoms with Crippen LogP contribution in [0, 0.1) is 0 Å². The number of aromatic nitrogens is 3. The third kappa shape index (κ3) is 2.48. The first kappa shape index (κ1) is 10.4. The normalized spacial score (nSPS) is 20.5. The third-order valence-electron chi connectivity index (χ3n) is 2.24. The Hall–Kier alpha value is -1.08. The van der Waals surface area contributed by atoms with Crippen molar-refractivity contribution in [3.8, 4) is 0 Å². The van der Waals surface area contributed by atoms with Gasteiger partial charge >= 0.3 is 0 Å². The van der Waals surface area contributed by atoms with Crippen LogP contribution < -0.4 is 5.32 Å². The van der Waals surface area contributed by atoms with Crippen molar-refractivity contribution in [1.29, 1.82) is 0 Å². The molecule has 7 heteroatoms. The number of aromatic amines is 1. The molecule has 1 saturated heterocycles. The van der Waals surface area contributed by atoms with Gasteiger partial charge in [-0.2, -0.15) is 5.10 Å². The highest BCUT2D eigenvalue weighted by Crippen LogP contribution is 2.11. The lowest BCUT2D eigenvalue weighted by Crippen LogP contribution is -2.42. The zero-order valence-electron chi connectivity index (χ0n) is 8.43. The maximum atomic E-state index is 11.9. The molecule has 2 rings (SSSR count). The third-order valence-corrected chi connectivity index (χ3v) is 3.18. The van der Waals surface area contributed by atoms with Crippen molar-refractivity contribution >= 4 is 17.7 Å². The van der Waals surface area contributed by atoms with Crippen LogP contribution in [-0.2, 0) is 11.3 Å². The Morgan fingerprint density at radius 2 is 2.67 bits per heavy atom. The van der Waals surface area contributed by atoms with E-state index in [0.29, 0.717) is 12.4 Å². The summed E-state index contributed by atoms with van der Waals surface area (Å²) < 4.78 is 0. The van der Waals surface area contributed by atoms with Gasteiger partial charge in [-0.25, -0.2) is 4.98 Å². The summed E-state index contributed by atoms with van der Waals surface area (Å²) in [4.78, 5) is 17.5. The van der Waals surface area contributed by atoms with Crippen LogP contribution >= 0.6 is 11.8 Å². The van der Waals surface area contributed by atoms with Crippen LogP contribution in [0.15, 0.2) is 6.33 Å². The van der Waals surface area contributed by atoms with E-state index < -0.39 is 0 Å². The smallest absolute Gasteiger partial charge is 0.240 e. The van der Waals surface area contributed by atoms with E-state index in [2.05, 4.69) is 20.5 Å². The molecule has 1 atom stereocenters. The van der Waals surface area contributed by atoms with Gasteiger partial charge in [-0.15, -0.1) is 11.8 Å². The Kier molecular flexibility index (Phi) is 3.22. The highest BCUT2D eigenvalue weighted by Gasteiger charge is 2.25. The number of thioether (sulfide) groups is 1. The molecule has 6 nitrogen and oxygen atoms in total. The Labute approximate surface area is 91.8 Å². The molecule has 15 heavy (non-hydrogen) atoms. The molecule has 1 aliphatic rings. The average molecular weight is 227 g/mol. The number of carbonyl (C=O) groups excluding carboxylic acids is 1. The maximum absolute atomic E-state index is 11.9. The number of nitrogens with one attached hydrogen (secondary N) is 2. The number of likely N-dealkylation sites (N-methyl/N-ethyl adjacent to an activating group) is 1. The van der Waals surface area contributed by atoms with Gasteiger partial charge in [-0.1, -0.05) is 0 Å². The number of hydrogen-bond donors (Lipinski definition) is 2. The quantitative estimate of drug-likeness (QED) is 0.723. The Bertz CT molecular complexity index is 322. The molecule has 1 aromatic heterocycles. The second kappa shape index (κ2) is 4.63. The fourth-order valence-electron chi connectivity index (χ4n) is 1.43. The Morgan fingerprint density at radius 1 is 1.80 bits per heavy atom. The summed E-state index contributed by atoms with van der Waals surface area (Å²) in [6.45, 7) is 0.474. The van der Waals surface area contributed by atoms with E-state index in [1.807, 2.05) is 0 Å². The molecule has 1 amide bonds. The van der Waals surface area contributed by atoms with Crippen molar-refractivity contribution in [2.24, 2.45) is 0 Å². The summed E-state index contributed by atoms with van der Waals surface area (Å²) >= 11 is 1.74. The van der Waals surface area contributed by atoms with Crippen molar-refractivity contribution in [2.75, 3.05) is 18.7 Å². The first-order valence-electron chi connectivity index (χ1n) is 4.67. The molecule has 2 N–H and O–H groups in total. The largest absolute Gasteiger partial charge is 0.337 e. The molecule has 1 unspecified atom stereocenters. The van der Waals surface area contributed by atoms with Gasteiger partial charge in [0.1, 0.15) is 12.2 Å². The van der Waals surface area contributed by atoms with Crippen LogP contribution in [0.4, 0.5) is 0 Å². The number of nitrogens with zero attached hydrogens (tertiary/aromatic N) is 3. The summed E-state index contributed by atoms with van der Waals surface area (Å²) in [5.74, 6) is 2.51. The fraction of sp³-hybridized carbons (Fsp3) is 0.625. The highest BCUT2D eigenvalue weighted by atomic mass is 32.2. The number of hydrogen-bond acceptors (Lipinski definition) is 5. The monoisotopic (exact) mass is 227 g/mol. The molecule has 1 fully saturated rings. The number of carbonyl (C=O) groups is 1. The van der Waals surface area contributed by atoms with E-state index >= 15 is 0 Å². The zero-order valence-corrected chi connectivity index (χ0v) is 9.25. The summed E-state index contributed by atoms with van der Waals surface area (Å²) in [5.41, 5.74) is 0. The first-order valence-corrected chi connectivity index (χ1v) is 5.83. The number of rotatable bonds is 3. The van der Waals surface area contributed by atoms with E-state index in [1.165, 1.54) is 6.33 Å². The standard InChI is InChI=1S/C8H13N5OS/c1-13(2-7-9-4-11-12-7)8(14)6-3-15-5-10-6/h4,6,10H,2-3,5H2,1H3,(H,9,11,12). The van der Waals surface area contributed by atoms with Gasteiger partial charge < -0.3 is 4.90 Å². The first-order chi connectivity index (χ1) is 7.27. The second-order valence-electron chi connectivity index (χ2n) is 3.40. The molecular formula is C8H13N5OS. The lowest BCUT2D eigenvalue weighted by Gasteiger charge is -2.19. The molecule has 1 aromatic rings. The fourth-order valence-corrected chi connectivity index (χ4v) is 2.36. The number of H-pyrrole nitrogens is 1. The lowest BCUT2D eigenvalue weighted by molar-refractivity contribution is -0.131. The van der Waals surface area contributed by atoms with Crippen LogP contribution in [0.3, 0.4) is 0 Å². The molecule has 0 aromatic carbocycles. The molecule has 82 valence electrons. The highest BCUT2D eigenvalue weighted by molar-refractivity contribution is 7.99. The van der Waals surface area contributed by atoms with Gasteiger partial charge in [-0.05, 0) is 0 Å². The van der Waals surface area contributed by atoms with Crippen LogP contribution in [0.5, 0.6) is 0 Å². The van der Waals surface area contributed by atoms with Gasteiger partial charge in [0.15, 0.2) is 0 Å². The van der Waals surface area contributed by atoms with Gasteiger partial charge in [0.2, 0.25) is 5.91 Å². The minimum atomic E-state index is -0.0529. The minimum Gasteiger partial charge on any atom is -0.337 e. The topological polar surface area (TPSA) is 73.9 Å². The second-order valence-corrected chi connectivity index (χ2v) is 4.43. The molecule has 0 spiro atoms. The van der Waals surface area contributed by atoms with Gasteiger partial charge in [0.25, 0.3) is 0 Å². The molecule has 0 saturated carbocycles. The lowest BCUT2D eigenvalue weighted by atomic mass is 10.3. The van der Waals surface area contributed by atoms with Crippen LogP contribution in [0.25, 0.3) is 0 Å². The van der Waals surface area contributed by atoms with Gasteiger partial charge in [0.05, 0.1) is 12.6 Å². The molecule has 1 aliphatic heterocycles. The van der Waals surface area contributed by atoms with Crippen molar-refractivity contribution < 1.29 is 4.79 Å². The maximum Gasteiger partial charge on any atom is 0.240 e. The Balaban J connectivity index is 1.89. The van der Waals surface area contributed by atoms with Gasteiger partial charge in [-0.3, -0.25) is 15.2 Å². The molecule has 0 aliphatic carbocycles. The van der Waals surface area contributed by atoms with Crippen molar-refractivity contribution in [3.63, 3.8) is 0 Å². The summed E-state index contributed by atoms with van der Waals surface area (Å²) in [5, 5.41) is 9.61. The Morgan fingerprint density at radius 3 is 3.27 bits per heavy atom. The number of amides is 1. The predicted octanol–water partition coefficient (Wildman–Crippen LogP) is -0.574. The van der Waals surface area contributed by atoms with Crippen molar-refractivity contribution in [2.45, 2.75) is 12.6 Å². The summed E-state index contributed by atoms with van der Waals surface area (Å²) in [7, 11) is 1.77. The van der Waals surface area contributed by atoms with Crippen molar-refractivity contribution in [1.82, 2.24) is 25.4 Å². The van der Waals surface area contributed by atoms with E-state index in [1.54, 1.807) is 23.7 Å². The van der Waals surface area contributed by atoms with E-state index in [9.17, 15) is 4.79 Å². The van der Waals surface area contributed by atoms with Crippen LogP contribution in [-0.4, -0.2) is 50.7 Å². The van der Waals surface area contributed by atoms with E-state index in [-0.39, 0.29) is 11.9 Å². The predicted molar refractivity (Wildman–Crippen MR) is 57.1 cm³/mol. The van der Waals surface area contributed by atoms with E-state index in [4.69, 9.17) is 0 Å². The van der Waals surface area contributed by atoms with Gasteiger partial charge in [0, 0.05) is 18.7 Å². The van der Waals surface area contributed by atoms with Crippen LogP contribution in [0.2, 0.25) is 0 Å². The molecular weight excluding hydrogens is 214 g/mol. The summed E-state index contributed by atoms with van der Waals surface area (Å²) in [6, 6.07) is -0.0529. The summed E-state index contributed by atoms with van der Waals surface area (Å²) in [6.07, 6.45) is 1.44.